The summed E-state index contributed by atoms with van der Waals surface area (Å²) in [5, 5.41) is 6.34. The van der Waals surface area contributed by atoms with Crippen LogP contribution in [0.15, 0.2) is 42.6 Å². The van der Waals surface area contributed by atoms with E-state index in [0.29, 0.717) is 5.92 Å². The summed E-state index contributed by atoms with van der Waals surface area (Å²) in [5.74, 6) is 0.0140. The number of carbonyl (C=O) groups excluding carboxylic acids is 1. The lowest BCUT2D eigenvalue weighted by Crippen LogP contribution is -2.27. The molecule has 5 nitrogen and oxygen atoms in total. The number of fused-ring (bicyclic) bond motifs is 2. The predicted molar refractivity (Wildman–Crippen MR) is 132 cm³/mol. The van der Waals surface area contributed by atoms with Crippen molar-refractivity contribution in [3.8, 4) is 5.69 Å². The first-order chi connectivity index (χ1) is 15.3. The van der Waals surface area contributed by atoms with Gasteiger partial charge in [-0.2, -0.15) is 9.78 Å². The van der Waals surface area contributed by atoms with Crippen molar-refractivity contribution in [1.29, 1.82) is 0 Å². The zero-order valence-electron chi connectivity index (χ0n) is 18.4. The van der Waals surface area contributed by atoms with Gasteiger partial charge in [-0.3, -0.25) is 4.79 Å². The van der Waals surface area contributed by atoms with Crippen molar-refractivity contribution < 1.29 is 13.9 Å². The van der Waals surface area contributed by atoms with Crippen molar-refractivity contribution >= 4 is 50.3 Å². The molecule has 0 saturated carbocycles. The van der Waals surface area contributed by atoms with Crippen molar-refractivity contribution in [2.75, 3.05) is 13.2 Å². The maximum atomic E-state index is 14.2. The van der Waals surface area contributed by atoms with Gasteiger partial charge in [-0.15, -0.1) is 0 Å². The van der Waals surface area contributed by atoms with Crippen LogP contribution in [0.1, 0.15) is 50.0 Å². The Morgan fingerprint density at radius 2 is 1.91 bits per heavy atom. The van der Waals surface area contributed by atoms with Gasteiger partial charge in [-0.25, -0.2) is 4.39 Å². The number of rotatable bonds is 2. The van der Waals surface area contributed by atoms with Gasteiger partial charge in [-0.05, 0) is 65.8 Å². The van der Waals surface area contributed by atoms with E-state index in [2.05, 4.69) is 44.4 Å². The van der Waals surface area contributed by atoms with Crippen LogP contribution in [0.4, 0.5) is 4.39 Å². The number of hydrogen-bond donors (Lipinski definition) is 0. The molecule has 0 aliphatic carbocycles. The Bertz CT molecular complexity index is 1340. The smallest absolute Gasteiger partial charge is 0.252 e. The number of hydrogen-bond acceptors (Lipinski definition) is 3. The van der Waals surface area contributed by atoms with Gasteiger partial charge >= 0.3 is 0 Å². The Morgan fingerprint density at radius 1 is 1.16 bits per heavy atom. The second kappa shape index (κ2) is 7.95. The molecule has 3 heterocycles. The molecule has 0 spiro atoms. The molecular weight excluding hydrogens is 520 g/mol. The summed E-state index contributed by atoms with van der Waals surface area (Å²) in [6, 6.07) is 10.9. The van der Waals surface area contributed by atoms with Gasteiger partial charge in [0.2, 0.25) is 0 Å². The van der Waals surface area contributed by atoms with E-state index >= 15 is 0 Å². The molecule has 1 saturated heterocycles. The molecule has 2 aromatic heterocycles. The van der Waals surface area contributed by atoms with Crippen LogP contribution in [0.3, 0.4) is 0 Å². The molecule has 7 heteroatoms. The van der Waals surface area contributed by atoms with Crippen LogP contribution in [0, 0.1) is 14.8 Å². The van der Waals surface area contributed by atoms with E-state index < -0.39 is 5.41 Å². The standard InChI is InChI=1S/C25H25FIN3O2/c1-25(2,3)24(31)30-20-13-19-21(11-16(20)14-28-30)29(18-6-4-5-17(26)12-18)23(22(19)27)15-7-9-32-10-8-15/h4-6,11-15H,7-10H2,1-3H3. The lowest BCUT2D eigenvalue weighted by atomic mass is 9.95. The van der Waals surface area contributed by atoms with Crippen molar-refractivity contribution in [3.63, 3.8) is 0 Å². The minimum atomic E-state index is -0.540. The Kier molecular flexibility index (Phi) is 5.36. The first-order valence-electron chi connectivity index (χ1n) is 10.9. The second-order valence-corrected chi connectivity index (χ2v) is 10.5. The third-order valence-electron chi connectivity index (χ3n) is 6.14. The van der Waals surface area contributed by atoms with Crippen LogP contribution in [-0.4, -0.2) is 33.5 Å². The van der Waals surface area contributed by atoms with Gasteiger partial charge in [0, 0.05) is 50.3 Å². The van der Waals surface area contributed by atoms with E-state index in [1.54, 1.807) is 18.3 Å². The highest BCUT2D eigenvalue weighted by molar-refractivity contribution is 14.1. The Morgan fingerprint density at radius 3 is 2.59 bits per heavy atom. The number of benzene rings is 2. The van der Waals surface area contributed by atoms with Crippen LogP contribution in [-0.2, 0) is 4.74 Å². The van der Waals surface area contributed by atoms with Crippen LogP contribution >= 0.6 is 22.6 Å². The lowest BCUT2D eigenvalue weighted by molar-refractivity contribution is 0.0755. The van der Waals surface area contributed by atoms with Crippen LogP contribution < -0.4 is 0 Å². The number of nitrogens with zero attached hydrogens (tertiary/aromatic N) is 3. The molecule has 1 aliphatic rings. The maximum Gasteiger partial charge on any atom is 0.252 e. The minimum absolute atomic E-state index is 0.0453. The van der Waals surface area contributed by atoms with Gasteiger partial charge in [0.05, 0.1) is 17.2 Å². The first-order valence-corrected chi connectivity index (χ1v) is 11.9. The van der Waals surface area contributed by atoms with E-state index in [9.17, 15) is 9.18 Å². The van der Waals surface area contributed by atoms with Crippen molar-refractivity contribution in [2.45, 2.75) is 39.5 Å². The lowest BCUT2D eigenvalue weighted by Gasteiger charge is -2.24. The molecule has 0 atom stereocenters. The van der Waals surface area contributed by atoms with Gasteiger partial charge in [-0.1, -0.05) is 26.8 Å². The average molecular weight is 545 g/mol. The average Bonchev–Trinajstić information content (AvgIpc) is 3.30. The van der Waals surface area contributed by atoms with Crippen molar-refractivity contribution in [3.05, 3.63) is 57.7 Å². The largest absolute Gasteiger partial charge is 0.381 e. The summed E-state index contributed by atoms with van der Waals surface area (Å²) in [4.78, 5) is 13.0. The Balaban J connectivity index is 1.81. The molecule has 0 amide bonds. The van der Waals surface area contributed by atoms with E-state index in [1.807, 2.05) is 26.8 Å². The molecule has 2 aromatic carbocycles. The van der Waals surface area contributed by atoms with E-state index in [-0.39, 0.29) is 11.7 Å². The molecule has 5 rings (SSSR count). The summed E-state index contributed by atoms with van der Waals surface area (Å²) in [7, 11) is 0. The van der Waals surface area contributed by atoms with Gasteiger partial charge < -0.3 is 9.30 Å². The van der Waals surface area contributed by atoms with Crippen molar-refractivity contribution in [2.24, 2.45) is 5.41 Å². The topological polar surface area (TPSA) is 49.1 Å². The molecule has 1 fully saturated rings. The number of carbonyl (C=O) groups is 1. The summed E-state index contributed by atoms with van der Waals surface area (Å²) in [6.45, 7) is 7.14. The Hall–Kier alpha value is -2.26. The molecule has 0 bridgehead atoms. The van der Waals surface area contributed by atoms with E-state index in [0.717, 1.165) is 57.1 Å². The zero-order chi connectivity index (χ0) is 22.6. The number of halogens is 2. The molecule has 0 N–H and O–H groups in total. The fraction of sp³-hybridized carbons (Fsp3) is 0.360. The Labute approximate surface area is 199 Å². The molecule has 1 aliphatic heterocycles. The van der Waals surface area contributed by atoms with Crippen LogP contribution in [0.2, 0.25) is 0 Å². The second-order valence-electron chi connectivity index (χ2n) is 9.44. The highest BCUT2D eigenvalue weighted by Gasteiger charge is 2.29. The SMILES string of the molecule is CC(C)(C)C(=O)n1ncc2cc3c(cc21)c(I)c(C1CCOCC1)n3-c1cccc(F)c1. The molecule has 166 valence electrons. The third kappa shape index (κ3) is 3.55. The molecule has 4 aromatic rings. The number of ether oxygens (including phenoxy) is 1. The molecule has 32 heavy (non-hydrogen) atoms. The quantitative estimate of drug-likeness (QED) is 0.278. The minimum Gasteiger partial charge on any atom is -0.381 e. The normalized spacial score (nSPS) is 15.7. The fourth-order valence-corrected chi connectivity index (χ4v) is 5.61. The first kappa shape index (κ1) is 21.6. The monoisotopic (exact) mass is 545 g/mol. The van der Waals surface area contributed by atoms with Crippen LogP contribution in [0.5, 0.6) is 0 Å². The molecular formula is C25H25FIN3O2. The van der Waals surface area contributed by atoms with Gasteiger partial charge in [0.25, 0.3) is 5.91 Å². The van der Waals surface area contributed by atoms with Crippen LogP contribution in [0.25, 0.3) is 27.5 Å². The summed E-state index contributed by atoms with van der Waals surface area (Å²) in [6.07, 6.45) is 3.59. The van der Waals surface area contributed by atoms with E-state index in [1.165, 1.54) is 16.4 Å². The highest BCUT2D eigenvalue weighted by Crippen LogP contribution is 2.40. The van der Waals surface area contributed by atoms with Gasteiger partial charge in [0.1, 0.15) is 5.82 Å². The predicted octanol–water partition coefficient (Wildman–Crippen LogP) is 6.30. The zero-order valence-corrected chi connectivity index (χ0v) is 20.5. The fourth-order valence-electron chi connectivity index (χ4n) is 4.49. The number of aromatic nitrogens is 3. The van der Waals surface area contributed by atoms with Crippen molar-refractivity contribution in [1.82, 2.24) is 14.3 Å². The summed E-state index contributed by atoms with van der Waals surface area (Å²) >= 11 is 2.40. The summed E-state index contributed by atoms with van der Waals surface area (Å²) < 4.78 is 24.6. The van der Waals surface area contributed by atoms with Gasteiger partial charge in [0.15, 0.2) is 0 Å². The molecule has 0 unspecified atom stereocenters. The maximum absolute atomic E-state index is 14.2. The van der Waals surface area contributed by atoms with E-state index in [4.69, 9.17) is 4.74 Å². The highest BCUT2D eigenvalue weighted by atomic mass is 127. The molecule has 0 radical (unpaired) electrons. The summed E-state index contributed by atoms with van der Waals surface area (Å²) in [5.41, 5.74) is 3.24. The third-order valence-corrected chi connectivity index (χ3v) is 7.27.